The first-order valence-corrected chi connectivity index (χ1v) is 23.9. The molecule has 0 fully saturated rings. The van der Waals surface area contributed by atoms with Crippen LogP contribution in [0.4, 0.5) is 0 Å². The van der Waals surface area contributed by atoms with Crippen molar-refractivity contribution < 1.29 is 8.83 Å². The molecule has 0 amide bonds. The van der Waals surface area contributed by atoms with Crippen molar-refractivity contribution in [1.82, 2.24) is 15.0 Å². The summed E-state index contributed by atoms with van der Waals surface area (Å²) >= 11 is 1.83. The Bertz CT molecular complexity index is 4220. The van der Waals surface area contributed by atoms with Gasteiger partial charge in [-0.25, -0.2) is 15.0 Å². The van der Waals surface area contributed by atoms with Gasteiger partial charge >= 0.3 is 0 Å². The van der Waals surface area contributed by atoms with Crippen LogP contribution < -0.4 is 0 Å². The Morgan fingerprint density at radius 3 is 1.54 bits per heavy atom. The van der Waals surface area contributed by atoms with E-state index >= 15 is 0 Å². The molecule has 0 atom stereocenters. The fourth-order valence-corrected chi connectivity index (χ4v) is 11.2. The number of hydrogen-bond acceptors (Lipinski definition) is 6. The Kier molecular flexibility index (Phi) is 9.00. The maximum Gasteiger partial charge on any atom is 0.164 e. The molecule has 0 radical (unpaired) electrons. The summed E-state index contributed by atoms with van der Waals surface area (Å²) in [7, 11) is 0. The SMILES string of the molecule is c1ccc(-c2cccc(-c3nc(-c4cccc(-c5ccccc5)c4)nc(-c4cccc5oc6ccc(-c7cccc8oc9c(-c%10ccc%11c(c%10)sc%10ccccc%10%11)cccc9c78)cc6c45)n3)c2)cc1. The zero-order valence-corrected chi connectivity index (χ0v) is 37.7. The number of furan rings is 2. The van der Waals surface area contributed by atoms with Crippen molar-refractivity contribution in [3.8, 4) is 78.7 Å². The monoisotopic (exact) mass is 899 g/mol. The third-order valence-electron chi connectivity index (χ3n) is 13.4. The number of aromatic nitrogens is 3. The van der Waals surface area contributed by atoms with E-state index in [2.05, 4.69) is 200 Å². The number of thiophene rings is 1. The van der Waals surface area contributed by atoms with E-state index < -0.39 is 0 Å². The highest BCUT2D eigenvalue weighted by atomic mass is 32.1. The second-order valence-electron chi connectivity index (χ2n) is 17.5. The van der Waals surface area contributed by atoms with Gasteiger partial charge in [0.25, 0.3) is 0 Å². The van der Waals surface area contributed by atoms with Crippen LogP contribution in [-0.4, -0.2) is 15.0 Å². The third kappa shape index (κ3) is 6.64. The molecular weight excluding hydrogens is 863 g/mol. The predicted molar refractivity (Wildman–Crippen MR) is 285 cm³/mol. The number of fused-ring (bicyclic) bond motifs is 9. The topological polar surface area (TPSA) is 65.0 Å². The van der Waals surface area contributed by atoms with E-state index in [1.807, 2.05) is 35.6 Å². The van der Waals surface area contributed by atoms with Gasteiger partial charge in [0.1, 0.15) is 22.3 Å². The van der Waals surface area contributed by atoms with Gasteiger partial charge in [-0.05, 0) is 87.5 Å². The van der Waals surface area contributed by atoms with Gasteiger partial charge in [0.05, 0.1) is 0 Å². The molecule has 69 heavy (non-hydrogen) atoms. The van der Waals surface area contributed by atoms with Gasteiger partial charge in [-0.15, -0.1) is 11.3 Å². The summed E-state index contributed by atoms with van der Waals surface area (Å²) in [6.45, 7) is 0. The molecule has 4 aromatic heterocycles. The molecule has 6 heteroatoms. The fraction of sp³-hybridized carbons (Fsp3) is 0. The van der Waals surface area contributed by atoms with Crippen LogP contribution in [0.15, 0.2) is 233 Å². The predicted octanol–water partition coefficient (Wildman–Crippen LogP) is 17.7. The third-order valence-corrected chi connectivity index (χ3v) is 14.5. The van der Waals surface area contributed by atoms with Crippen LogP contribution in [0, 0.1) is 0 Å². The molecule has 0 aliphatic rings. The number of rotatable bonds is 7. The summed E-state index contributed by atoms with van der Waals surface area (Å²) in [6, 6.07) is 78.5. The maximum absolute atomic E-state index is 6.81. The first-order chi connectivity index (χ1) is 34.2. The molecule has 4 heterocycles. The highest BCUT2D eigenvalue weighted by Crippen LogP contribution is 2.45. The fourth-order valence-electron chi connectivity index (χ4n) is 10.1. The van der Waals surface area contributed by atoms with E-state index in [0.29, 0.717) is 17.5 Å². The van der Waals surface area contributed by atoms with Crippen molar-refractivity contribution in [1.29, 1.82) is 0 Å². The smallest absolute Gasteiger partial charge is 0.164 e. The summed E-state index contributed by atoms with van der Waals surface area (Å²) in [5.41, 5.74) is 14.7. The number of hydrogen-bond donors (Lipinski definition) is 0. The molecular formula is C63H37N3O2S. The molecule has 0 aliphatic heterocycles. The first-order valence-electron chi connectivity index (χ1n) is 23.1. The Labute approximate surface area is 400 Å². The standard InChI is InChI=1S/C63H37N3O2S/c1-3-14-38(15-4-1)40-18-9-20-44(34-40)61-64-62(45-21-10-19-41(35-45)39-16-5-2-6-17-39)66-63(65-61)51-26-13-27-54-59(51)52-36-42(31-33-53(52)67-54)46-23-12-28-55-58(46)50-25-11-24-47(60(50)68-55)43-30-32-49-48-22-7-8-29-56(48)69-57(49)37-43/h1-37H. The van der Waals surface area contributed by atoms with Gasteiger partial charge in [-0.2, -0.15) is 0 Å². The van der Waals surface area contributed by atoms with E-state index in [9.17, 15) is 0 Å². The minimum absolute atomic E-state index is 0.563. The lowest BCUT2D eigenvalue weighted by Crippen LogP contribution is -2.00. The van der Waals surface area contributed by atoms with E-state index in [1.54, 1.807) is 0 Å². The Morgan fingerprint density at radius 1 is 0.275 bits per heavy atom. The second-order valence-corrected chi connectivity index (χ2v) is 18.5. The van der Waals surface area contributed by atoms with E-state index in [1.165, 1.54) is 20.2 Å². The zero-order valence-electron chi connectivity index (χ0n) is 36.9. The molecule has 14 aromatic rings. The number of nitrogens with zero attached hydrogens (tertiary/aromatic N) is 3. The van der Waals surface area contributed by atoms with E-state index in [0.717, 1.165) is 105 Å². The van der Waals surface area contributed by atoms with Crippen molar-refractivity contribution in [3.05, 3.63) is 224 Å². The normalized spacial score (nSPS) is 11.8. The summed E-state index contributed by atoms with van der Waals surface area (Å²) in [4.78, 5) is 15.8. The van der Waals surface area contributed by atoms with Gasteiger partial charge in [0.15, 0.2) is 17.5 Å². The molecule has 0 N–H and O–H groups in total. The van der Waals surface area contributed by atoms with Gasteiger partial charge in [-0.1, -0.05) is 176 Å². The summed E-state index contributed by atoms with van der Waals surface area (Å²) < 4.78 is 16.0. The molecule has 14 rings (SSSR count). The molecule has 0 unspecified atom stereocenters. The number of benzene rings is 10. The zero-order chi connectivity index (χ0) is 45.4. The average Bonchev–Trinajstić information content (AvgIpc) is 4.12. The summed E-state index contributed by atoms with van der Waals surface area (Å²) in [6.07, 6.45) is 0. The molecule has 322 valence electrons. The lowest BCUT2D eigenvalue weighted by molar-refractivity contribution is 0.669. The van der Waals surface area contributed by atoms with Gasteiger partial charge in [-0.3, -0.25) is 0 Å². The molecule has 10 aromatic carbocycles. The summed E-state index contributed by atoms with van der Waals surface area (Å²) in [5, 5.41) is 6.64. The first kappa shape index (κ1) is 39.2. The highest BCUT2D eigenvalue weighted by molar-refractivity contribution is 7.25. The van der Waals surface area contributed by atoms with Crippen LogP contribution in [-0.2, 0) is 0 Å². The number of para-hydroxylation sites is 1. The van der Waals surface area contributed by atoms with Crippen LogP contribution in [0.25, 0.3) is 143 Å². The molecule has 0 aliphatic carbocycles. The molecule has 0 bridgehead atoms. The largest absolute Gasteiger partial charge is 0.456 e. The van der Waals surface area contributed by atoms with Crippen LogP contribution in [0.1, 0.15) is 0 Å². The van der Waals surface area contributed by atoms with Crippen LogP contribution in [0.5, 0.6) is 0 Å². The van der Waals surface area contributed by atoms with Gasteiger partial charge < -0.3 is 8.83 Å². The van der Waals surface area contributed by atoms with Crippen molar-refractivity contribution in [2.24, 2.45) is 0 Å². The molecule has 0 saturated carbocycles. The van der Waals surface area contributed by atoms with Crippen molar-refractivity contribution in [2.45, 2.75) is 0 Å². The maximum atomic E-state index is 6.81. The van der Waals surface area contributed by atoms with Crippen molar-refractivity contribution >= 4 is 75.4 Å². The quantitative estimate of drug-likeness (QED) is 0.159. The van der Waals surface area contributed by atoms with E-state index in [-0.39, 0.29) is 0 Å². The highest BCUT2D eigenvalue weighted by Gasteiger charge is 2.21. The lowest BCUT2D eigenvalue weighted by atomic mass is 9.95. The van der Waals surface area contributed by atoms with Gasteiger partial charge in [0, 0.05) is 64.0 Å². The van der Waals surface area contributed by atoms with Crippen LogP contribution >= 0.6 is 11.3 Å². The lowest BCUT2D eigenvalue weighted by Gasteiger charge is -2.11. The van der Waals surface area contributed by atoms with Crippen LogP contribution in [0.2, 0.25) is 0 Å². The van der Waals surface area contributed by atoms with E-state index in [4.69, 9.17) is 23.8 Å². The Hall–Kier alpha value is -8.97. The second kappa shape index (κ2) is 15.8. The van der Waals surface area contributed by atoms with Crippen molar-refractivity contribution in [2.75, 3.05) is 0 Å². The Morgan fingerprint density at radius 2 is 0.797 bits per heavy atom. The molecule has 0 saturated heterocycles. The molecule has 0 spiro atoms. The van der Waals surface area contributed by atoms with Crippen LogP contribution in [0.3, 0.4) is 0 Å². The van der Waals surface area contributed by atoms with Gasteiger partial charge in [0.2, 0.25) is 0 Å². The Balaban J connectivity index is 0.927. The minimum atomic E-state index is 0.563. The molecule has 5 nitrogen and oxygen atoms in total. The summed E-state index contributed by atoms with van der Waals surface area (Å²) in [5.74, 6) is 1.74. The van der Waals surface area contributed by atoms with Crippen molar-refractivity contribution in [3.63, 3.8) is 0 Å². The minimum Gasteiger partial charge on any atom is -0.456 e. The average molecular weight is 900 g/mol.